The molecule has 2 amide bonds. The van der Waals surface area contributed by atoms with Crippen LogP contribution in [0.15, 0.2) is 18.2 Å². The summed E-state index contributed by atoms with van der Waals surface area (Å²) in [6.07, 6.45) is 7.58. The van der Waals surface area contributed by atoms with Crippen LogP contribution in [0.4, 0.5) is 0 Å². The Balaban J connectivity index is 1.61. The van der Waals surface area contributed by atoms with Crippen LogP contribution in [0.1, 0.15) is 44.0 Å². The molecule has 124 valence electrons. The Morgan fingerprint density at radius 1 is 1.35 bits per heavy atom. The first kappa shape index (κ1) is 15.8. The van der Waals surface area contributed by atoms with Crippen LogP contribution in [-0.4, -0.2) is 33.0 Å². The van der Waals surface area contributed by atoms with Gasteiger partial charge >= 0.3 is 0 Å². The molecule has 0 aromatic carbocycles. The number of carbonyl (C=O) groups is 2. The van der Waals surface area contributed by atoms with Crippen molar-refractivity contribution in [3.05, 3.63) is 29.6 Å². The molecule has 1 aromatic heterocycles. The van der Waals surface area contributed by atoms with E-state index >= 15 is 0 Å². The molecule has 1 aromatic rings. The lowest BCUT2D eigenvalue weighted by atomic mass is 9.93. The van der Waals surface area contributed by atoms with Crippen LogP contribution in [0.2, 0.25) is 0 Å². The highest BCUT2D eigenvalue weighted by molar-refractivity contribution is 5.79. The van der Waals surface area contributed by atoms with E-state index in [0.717, 1.165) is 37.2 Å². The Bertz CT molecular complexity index is 620. The number of carbonyl (C=O) groups excluding carboxylic acids is 2. The normalized spacial score (nSPS) is 20.2. The first-order valence-electron chi connectivity index (χ1n) is 8.43. The molecular formula is C17H24N4O2. The number of fused-ring (bicyclic) bond motifs is 1. The summed E-state index contributed by atoms with van der Waals surface area (Å²) in [6, 6.07) is 2.00. The topological polar surface area (TPSA) is 67.2 Å². The van der Waals surface area contributed by atoms with E-state index in [9.17, 15) is 9.59 Å². The maximum Gasteiger partial charge on any atom is 0.226 e. The molecule has 6 heteroatoms. The Labute approximate surface area is 136 Å². The van der Waals surface area contributed by atoms with Crippen LogP contribution in [0.3, 0.4) is 0 Å². The smallest absolute Gasteiger partial charge is 0.226 e. The highest BCUT2D eigenvalue weighted by Gasteiger charge is 2.28. The van der Waals surface area contributed by atoms with Crippen LogP contribution >= 0.6 is 0 Å². The van der Waals surface area contributed by atoms with Gasteiger partial charge in [-0.2, -0.15) is 5.10 Å². The van der Waals surface area contributed by atoms with E-state index in [-0.39, 0.29) is 17.7 Å². The van der Waals surface area contributed by atoms with Crippen molar-refractivity contribution in [2.24, 2.45) is 5.92 Å². The molecular weight excluding hydrogens is 292 g/mol. The number of rotatable bonds is 4. The van der Waals surface area contributed by atoms with Gasteiger partial charge in [-0.1, -0.05) is 19.1 Å². The number of nitrogens with one attached hydrogen (secondary N) is 1. The van der Waals surface area contributed by atoms with E-state index in [1.54, 1.807) is 0 Å². The van der Waals surface area contributed by atoms with Crippen molar-refractivity contribution >= 4 is 11.8 Å². The van der Waals surface area contributed by atoms with Gasteiger partial charge in [0.1, 0.15) is 0 Å². The zero-order chi connectivity index (χ0) is 16.2. The van der Waals surface area contributed by atoms with Gasteiger partial charge in [0, 0.05) is 18.9 Å². The molecule has 0 bridgehead atoms. The van der Waals surface area contributed by atoms with Crippen LogP contribution in [0, 0.1) is 5.92 Å². The fraction of sp³-hybridized carbons (Fsp3) is 0.588. The van der Waals surface area contributed by atoms with Gasteiger partial charge in [0.15, 0.2) is 0 Å². The number of amides is 2. The number of hydrogen-bond donors (Lipinski definition) is 1. The summed E-state index contributed by atoms with van der Waals surface area (Å²) < 4.78 is 1.96. The molecule has 2 aliphatic rings. The highest BCUT2D eigenvalue weighted by Crippen LogP contribution is 2.23. The monoisotopic (exact) mass is 316 g/mol. The Hall–Kier alpha value is -2.11. The van der Waals surface area contributed by atoms with Crippen molar-refractivity contribution in [2.75, 3.05) is 6.54 Å². The third-order valence-corrected chi connectivity index (χ3v) is 4.57. The Morgan fingerprint density at radius 2 is 2.22 bits per heavy atom. The van der Waals surface area contributed by atoms with Crippen molar-refractivity contribution in [3.63, 3.8) is 0 Å². The molecule has 0 unspecified atom stereocenters. The van der Waals surface area contributed by atoms with E-state index in [4.69, 9.17) is 0 Å². The molecule has 1 atom stereocenters. The molecule has 23 heavy (non-hydrogen) atoms. The number of nitrogens with zero attached hydrogens (tertiary/aromatic N) is 3. The lowest BCUT2D eigenvalue weighted by Crippen LogP contribution is -2.41. The lowest BCUT2D eigenvalue weighted by molar-refractivity contribution is -0.137. The Morgan fingerprint density at radius 3 is 2.96 bits per heavy atom. The van der Waals surface area contributed by atoms with E-state index in [1.165, 1.54) is 0 Å². The van der Waals surface area contributed by atoms with E-state index in [0.29, 0.717) is 26.1 Å². The fourth-order valence-corrected chi connectivity index (χ4v) is 3.19. The van der Waals surface area contributed by atoms with E-state index in [1.807, 2.05) is 22.6 Å². The predicted octanol–water partition coefficient (Wildman–Crippen LogP) is 1.61. The second kappa shape index (κ2) is 6.98. The van der Waals surface area contributed by atoms with Crippen molar-refractivity contribution in [2.45, 2.75) is 52.2 Å². The molecule has 3 rings (SSSR count). The van der Waals surface area contributed by atoms with Gasteiger partial charge in [-0.3, -0.25) is 14.3 Å². The summed E-state index contributed by atoms with van der Waals surface area (Å²) in [4.78, 5) is 25.9. The van der Waals surface area contributed by atoms with Gasteiger partial charge in [0.05, 0.1) is 31.0 Å². The van der Waals surface area contributed by atoms with Gasteiger partial charge in [-0.25, -0.2) is 0 Å². The summed E-state index contributed by atoms with van der Waals surface area (Å²) in [5.74, 6) is 0.429. The van der Waals surface area contributed by atoms with Gasteiger partial charge in [-0.05, 0) is 25.3 Å². The molecule has 0 fully saturated rings. The second-order valence-electron chi connectivity index (χ2n) is 6.22. The molecule has 6 nitrogen and oxygen atoms in total. The van der Waals surface area contributed by atoms with Gasteiger partial charge in [-0.15, -0.1) is 0 Å². The third-order valence-electron chi connectivity index (χ3n) is 4.57. The first-order chi connectivity index (χ1) is 11.2. The summed E-state index contributed by atoms with van der Waals surface area (Å²) in [5.41, 5.74) is 1.91. The highest BCUT2D eigenvalue weighted by atomic mass is 16.2. The van der Waals surface area contributed by atoms with Crippen LogP contribution in [0.5, 0.6) is 0 Å². The summed E-state index contributed by atoms with van der Waals surface area (Å²) in [6.45, 7) is 4.35. The summed E-state index contributed by atoms with van der Waals surface area (Å²) in [5, 5.41) is 7.36. The third kappa shape index (κ3) is 3.63. The fourth-order valence-electron chi connectivity index (χ4n) is 3.19. The standard InChI is InChI=1S/C17H24N4O2/c1-2-16(22)18-11-14-10-15-12-20(8-9-21(15)19-14)17(23)13-6-4-3-5-7-13/h3-4,10,13H,2,5-9,11-12H2,1H3,(H,18,22)/t13-/m0/s1. The van der Waals surface area contributed by atoms with Gasteiger partial charge < -0.3 is 10.2 Å². The summed E-state index contributed by atoms with van der Waals surface area (Å²) in [7, 11) is 0. The Kier molecular flexibility index (Phi) is 4.79. The molecule has 0 spiro atoms. The second-order valence-corrected chi connectivity index (χ2v) is 6.22. The SMILES string of the molecule is CCC(=O)NCc1cc2n(n1)CCN(C(=O)[C@H]1CC=CCC1)C2. The van der Waals surface area contributed by atoms with Gasteiger partial charge in [0.2, 0.25) is 11.8 Å². The van der Waals surface area contributed by atoms with Crippen molar-refractivity contribution < 1.29 is 9.59 Å². The number of allylic oxidation sites excluding steroid dienone is 2. The largest absolute Gasteiger partial charge is 0.350 e. The van der Waals surface area contributed by atoms with Crippen LogP contribution in [-0.2, 0) is 29.2 Å². The van der Waals surface area contributed by atoms with Gasteiger partial charge in [0.25, 0.3) is 0 Å². The van der Waals surface area contributed by atoms with Crippen LogP contribution < -0.4 is 5.32 Å². The van der Waals surface area contributed by atoms with E-state index in [2.05, 4.69) is 22.6 Å². The zero-order valence-corrected chi connectivity index (χ0v) is 13.6. The lowest BCUT2D eigenvalue weighted by Gasteiger charge is -2.31. The average Bonchev–Trinajstić information content (AvgIpc) is 3.01. The summed E-state index contributed by atoms with van der Waals surface area (Å²) >= 11 is 0. The minimum atomic E-state index is 0.0260. The average molecular weight is 316 g/mol. The predicted molar refractivity (Wildman–Crippen MR) is 86.3 cm³/mol. The molecule has 1 N–H and O–H groups in total. The number of hydrogen-bond acceptors (Lipinski definition) is 3. The molecule has 0 saturated heterocycles. The first-order valence-corrected chi connectivity index (χ1v) is 8.43. The van der Waals surface area contributed by atoms with E-state index < -0.39 is 0 Å². The maximum absolute atomic E-state index is 12.6. The van der Waals surface area contributed by atoms with Crippen LogP contribution in [0.25, 0.3) is 0 Å². The molecule has 1 aliphatic heterocycles. The molecule has 1 aliphatic carbocycles. The maximum atomic E-state index is 12.6. The van der Waals surface area contributed by atoms with Crippen molar-refractivity contribution in [1.29, 1.82) is 0 Å². The minimum absolute atomic E-state index is 0.0260. The zero-order valence-electron chi connectivity index (χ0n) is 13.6. The molecule has 0 saturated carbocycles. The molecule has 0 radical (unpaired) electrons. The number of aromatic nitrogens is 2. The molecule has 2 heterocycles. The minimum Gasteiger partial charge on any atom is -0.350 e. The van der Waals surface area contributed by atoms with Crippen molar-refractivity contribution in [3.8, 4) is 0 Å². The van der Waals surface area contributed by atoms with Crippen molar-refractivity contribution in [1.82, 2.24) is 20.0 Å². The quantitative estimate of drug-likeness (QED) is 0.858.